The second kappa shape index (κ2) is 5.62. The standard InChI is InChI=1S/C13H17N5O/c1-9-15-11(17-16-9)8-18(2)13(19)12(14)10-6-4-3-5-7-10/h3-7,12H,8,14H2,1-2H3,(H,15,16,17)/t12-/m1/s1. The molecule has 1 amide bonds. The summed E-state index contributed by atoms with van der Waals surface area (Å²) in [5, 5.41) is 6.74. The number of aromatic nitrogens is 3. The summed E-state index contributed by atoms with van der Waals surface area (Å²) in [6.07, 6.45) is 0. The van der Waals surface area contributed by atoms with E-state index >= 15 is 0 Å². The maximum absolute atomic E-state index is 12.2. The van der Waals surface area contributed by atoms with Crippen LogP contribution in [0, 0.1) is 6.92 Å². The first-order valence-electron chi connectivity index (χ1n) is 6.01. The number of nitrogens with two attached hydrogens (primary N) is 1. The predicted octanol–water partition coefficient (Wildman–Crippen LogP) is 0.772. The number of nitrogens with one attached hydrogen (secondary N) is 1. The Morgan fingerprint density at radius 1 is 1.42 bits per heavy atom. The smallest absolute Gasteiger partial charge is 0.244 e. The van der Waals surface area contributed by atoms with Crippen LogP contribution in [-0.4, -0.2) is 33.0 Å². The lowest BCUT2D eigenvalue weighted by Crippen LogP contribution is -2.35. The molecule has 6 heteroatoms. The van der Waals surface area contributed by atoms with Crippen LogP contribution in [0.2, 0.25) is 0 Å². The number of rotatable bonds is 4. The highest BCUT2D eigenvalue weighted by Crippen LogP contribution is 2.12. The van der Waals surface area contributed by atoms with Crippen molar-refractivity contribution in [2.24, 2.45) is 5.73 Å². The van der Waals surface area contributed by atoms with Gasteiger partial charge in [0.2, 0.25) is 5.91 Å². The minimum absolute atomic E-state index is 0.159. The Hall–Kier alpha value is -2.21. The molecule has 100 valence electrons. The van der Waals surface area contributed by atoms with Gasteiger partial charge in [-0.15, -0.1) is 0 Å². The maximum Gasteiger partial charge on any atom is 0.244 e. The summed E-state index contributed by atoms with van der Waals surface area (Å²) in [6, 6.07) is 8.63. The van der Waals surface area contributed by atoms with Crippen LogP contribution in [0.3, 0.4) is 0 Å². The molecule has 1 aromatic carbocycles. The van der Waals surface area contributed by atoms with Gasteiger partial charge in [-0.25, -0.2) is 4.98 Å². The van der Waals surface area contributed by atoms with Gasteiger partial charge in [-0.2, -0.15) is 5.10 Å². The largest absolute Gasteiger partial charge is 0.336 e. The van der Waals surface area contributed by atoms with Crippen LogP contribution in [0.5, 0.6) is 0 Å². The van der Waals surface area contributed by atoms with Gasteiger partial charge in [0.05, 0.1) is 6.54 Å². The van der Waals surface area contributed by atoms with Crippen LogP contribution < -0.4 is 5.73 Å². The number of carbonyl (C=O) groups is 1. The van der Waals surface area contributed by atoms with E-state index in [1.165, 1.54) is 4.90 Å². The molecule has 19 heavy (non-hydrogen) atoms. The molecule has 0 unspecified atom stereocenters. The van der Waals surface area contributed by atoms with Gasteiger partial charge in [-0.1, -0.05) is 30.3 Å². The lowest BCUT2D eigenvalue weighted by Gasteiger charge is -2.20. The zero-order valence-corrected chi connectivity index (χ0v) is 11.0. The Bertz CT molecular complexity index is 551. The molecule has 2 aromatic rings. The minimum Gasteiger partial charge on any atom is -0.336 e. The van der Waals surface area contributed by atoms with Crippen molar-refractivity contribution in [1.29, 1.82) is 0 Å². The molecule has 0 bridgehead atoms. The number of hydrogen-bond donors (Lipinski definition) is 2. The molecule has 1 aromatic heterocycles. The zero-order chi connectivity index (χ0) is 13.8. The first-order valence-corrected chi connectivity index (χ1v) is 6.01. The van der Waals surface area contributed by atoms with Crippen molar-refractivity contribution in [2.45, 2.75) is 19.5 Å². The first kappa shape index (κ1) is 13.2. The fourth-order valence-corrected chi connectivity index (χ4v) is 1.79. The van der Waals surface area contributed by atoms with Crippen molar-refractivity contribution >= 4 is 5.91 Å². The van der Waals surface area contributed by atoms with Gasteiger partial charge in [0.1, 0.15) is 11.9 Å². The number of hydrogen-bond acceptors (Lipinski definition) is 4. The third kappa shape index (κ3) is 3.17. The number of H-pyrrole nitrogens is 1. The monoisotopic (exact) mass is 259 g/mol. The Kier molecular flexibility index (Phi) is 3.91. The minimum atomic E-state index is -0.661. The molecule has 0 aliphatic rings. The summed E-state index contributed by atoms with van der Waals surface area (Å²) in [5.41, 5.74) is 6.76. The maximum atomic E-state index is 12.2. The molecule has 0 spiro atoms. The number of nitrogens with zero attached hydrogens (tertiary/aromatic N) is 3. The first-order chi connectivity index (χ1) is 9.08. The molecule has 0 saturated heterocycles. The van der Waals surface area contributed by atoms with Crippen LogP contribution in [0.15, 0.2) is 30.3 Å². The van der Waals surface area contributed by atoms with Gasteiger partial charge in [-0.05, 0) is 12.5 Å². The van der Waals surface area contributed by atoms with E-state index in [1.54, 1.807) is 7.05 Å². The molecule has 0 aliphatic carbocycles. The van der Waals surface area contributed by atoms with E-state index in [4.69, 9.17) is 5.73 Å². The van der Waals surface area contributed by atoms with Crippen LogP contribution in [-0.2, 0) is 11.3 Å². The summed E-state index contributed by atoms with van der Waals surface area (Å²) in [5.74, 6) is 1.14. The van der Waals surface area contributed by atoms with Crippen LogP contribution >= 0.6 is 0 Å². The highest BCUT2D eigenvalue weighted by Gasteiger charge is 2.20. The van der Waals surface area contributed by atoms with E-state index in [1.807, 2.05) is 37.3 Å². The average Bonchev–Trinajstić information content (AvgIpc) is 2.83. The summed E-state index contributed by atoms with van der Waals surface area (Å²) in [6.45, 7) is 2.15. The SMILES string of the molecule is Cc1nc(CN(C)C(=O)[C@H](N)c2ccccc2)n[nH]1. The number of likely N-dealkylation sites (N-methyl/N-ethyl adjacent to an activating group) is 1. The van der Waals surface area contributed by atoms with E-state index in [0.29, 0.717) is 12.4 Å². The van der Waals surface area contributed by atoms with Crippen molar-refractivity contribution in [3.8, 4) is 0 Å². The van der Waals surface area contributed by atoms with Crippen molar-refractivity contribution in [3.05, 3.63) is 47.5 Å². The van der Waals surface area contributed by atoms with E-state index in [-0.39, 0.29) is 5.91 Å². The second-order valence-corrected chi connectivity index (χ2v) is 4.42. The van der Waals surface area contributed by atoms with Crippen molar-refractivity contribution in [1.82, 2.24) is 20.1 Å². The molecule has 3 N–H and O–H groups in total. The zero-order valence-electron chi connectivity index (χ0n) is 11.0. The molecule has 0 saturated carbocycles. The average molecular weight is 259 g/mol. The van der Waals surface area contributed by atoms with Crippen molar-refractivity contribution in [2.75, 3.05) is 7.05 Å². The van der Waals surface area contributed by atoms with Gasteiger partial charge in [0.15, 0.2) is 5.82 Å². The number of amides is 1. The summed E-state index contributed by atoms with van der Waals surface area (Å²) in [4.78, 5) is 17.9. The lowest BCUT2D eigenvalue weighted by atomic mass is 10.1. The Morgan fingerprint density at radius 2 is 2.11 bits per heavy atom. The number of aromatic amines is 1. The molecular weight excluding hydrogens is 242 g/mol. The molecule has 1 atom stereocenters. The summed E-state index contributed by atoms with van der Waals surface area (Å²) in [7, 11) is 1.69. The normalized spacial score (nSPS) is 12.2. The molecule has 0 radical (unpaired) electrons. The quantitative estimate of drug-likeness (QED) is 0.849. The Morgan fingerprint density at radius 3 is 2.68 bits per heavy atom. The Labute approximate surface area is 111 Å². The van der Waals surface area contributed by atoms with E-state index in [2.05, 4.69) is 15.2 Å². The van der Waals surface area contributed by atoms with Crippen molar-refractivity contribution in [3.63, 3.8) is 0 Å². The van der Waals surface area contributed by atoms with E-state index in [0.717, 1.165) is 11.4 Å². The van der Waals surface area contributed by atoms with E-state index in [9.17, 15) is 4.79 Å². The molecular formula is C13H17N5O. The van der Waals surface area contributed by atoms with Crippen LogP contribution in [0.4, 0.5) is 0 Å². The third-order valence-corrected chi connectivity index (χ3v) is 2.82. The fraction of sp³-hybridized carbons (Fsp3) is 0.308. The van der Waals surface area contributed by atoms with Gasteiger partial charge in [0.25, 0.3) is 0 Å². The third-order valence-electron chi connectivity index (χ3n) is 2.82. The number of aryl methyl sites for hydroxylation is 1. The predicted molar refractivity (Wildman–Crippen MR) is 71.0 cm³/mol. The fourth-order valence-electron chi connectivity index (χ4n) is 1.79. The second-order valence-electron chi connectivity index (χ2n) is 4.42. The number of benzene rings is 1. The highest BCUT2D eigenvalue weighted by atomic mass is 16.2. The highest BCUT2D eigenvalue weighted by molar-refractivity contribution is 5.82. The van der Waals surface area contributed by atoms with Crippen LogP contribution in [0.1, 0.15) is 23.3 Å². The molecule has 2 rings (SSSR count). The van der Waals surface area contributed by atoms with Gasteiger partial charge in [0, 0.05) is 7.05 Å². The van der Waals surface area contributed by atoms with Gasteiger partial charge in [-0.3, -0.25) is 9.89 Å². The topological polar surface area (TPSA) is 87.9 Å². The van der Waals surface area contributed by atoms with Crippen molar-refractivity contribution < 1.29 is 4.79 Å². The van der Waals surface area contributed by atoms with E-state index < -0.39 is 6.04 Å². The molecule has 1 heterocycles. The summed E-state index contributed by atoms with van der Waals surface area (Å²) < 4.78 is 0. The lowest BCUT2D eigenvalue weighted by molar-refractivity contribution is -0.132. The molecule has 6 nitrogen and oxygen atoms in total. The van der Waals surface area contributed by atoms with Crippen LogP contribution in [0.25, 0.3) is 0 Å². The van der Waals surface area contributed by atoms with Gasteiger partial charge < -0.3 is 10.6 Å². The Balaban J connectivity index is 2.03. The summed E-state index contributed by atoms with van der Waals surface area (Å²) >= 11 is 0. The molecule has 0 fully saturated rings. The molecule has 0 aliphatic heterocycles. The number of carbonyl (C=O) groups excluding carboxylic acids is 1. The van der Waals surface area contributed by atoms with Gasteiger partial charge >= 0.3 is 0 Å².